The third-order valence-corrected chi connectivity index (χ3v) is 2.68. The number of hydrogen-bond donors (Lipinski definition) is 2. The molecule has 0 radical (unpaired) electrons. The molecule has 2 heterocycles. The highest BCUT2D eigenvalue weighted by atomic mass is 15.0. The van der Waals surface area contributed by atoms with Crippen molar-refractivity contribution in [1.29, 1.82) is 0 Å². The highest BCUT2D eigenvalue weighted by molar-refractivity contribution is 5.44. The average molecular weight is 176 g/mol. The Morgan fingerprint density at radius 2 is 2.08 bits per heavy atom. The van der Waals surface area contributed by atoms with E-state index in [1.807, 2.05) is 0 Å². The molecule has 0 saturated heterocycles. The quantitative estimate of drug-likeness (QED) is 0.655. The summed E-state index contributed by atoms with van der Waals surface area (Å²) in [6.07, 6.45) is 2.46. The van der Waals surface area contributed by atoms with Crippen LogP contribution in [-0.2, 0) is 13.1 Å². The summed E-state index contributed by atoms with van der Waals surface area (Å²) in [7, 11) is 0. The van der Waals surface area contributed by atoms with Gasteiger partial charge in [-0.2, -0.15) is 0 Å². The fourth-order valence-electron chi connectivity index (χ4n) is 1.74. The summed E-state index contributed by atoms with van der Waals surface area (Å²) in [6.45, 7) is 1.67. The number of fused-ring (bicyclic) bond motifs is 1. The number of anilines is 1. The standard InChI is InChI=1S/C9H12N4/c10-8-6-3-11-4-7(6)12-9(13-8)5-1-2-5/h5,11H,1-4H2,(H2,10,12,13). The number of nitrogens with one attached hydrogen (secondary N) is 1. The van der Waals surface area contributed by atoms with Gasteiger partial charge >= 0.3 is 0 Å². The first-order valence-corrected chi connectivity index (χ1v) is 4.70. The number of aromatic nitrogens is 2. The lowest BCUT2D eigenvalue weighted by molar-refractivity contribution is 0.755. The Kier molecular flexibility index (Phi) is 1.35. The zero-order valence-electron chi connectivity index (χ0n) is 7.38. The van der Waals surface area contributed by atoms with Gasteiger partial charge in [0, 0.05) is 24.6 Å². The van der Waals surface area contributed by atoms with Crippen molar-refractivity contribution in [3.8, 4) is 0 Å². The lowest BCUT2D eigenvalue weighted by atomic mass is 10.2. The van der Waals surface area contributed by atoms with Crippen molar-refractivity contribution >= 4 is 5.82 Å². The monoisotopic (exact) mass is 176 g/mol. The third kappa shape index (κ3) is 1.09. The number of hydrogen-bond acceptors (Lipinski definition) is 4. The van der Waals surface area contributed by atoms with E-state index in [-0.39, 0.29) is 0 Å². The first kappa shape index (κ1) is 7.26. The molecule has 3 N–H and O–H groups in total. The third-order valence-electron chi connectivity index (χ3n) is 2.68. The van der Waals surface area contributed by atoms with E-state index in [4.69, 9.17) is 5.73 Å². The van der Waals surface area contributed by atoms with Crippen molar-refractivity contribution < 1.29 is 0 Å². The van der Waals surface area contributed by atoms with Crippen LogP contribution in [0, 0.1) is 0 Å². The predicted octanol–water partition coefficient (Wildman–Crippen LogP) is 0.539. The Morgan fingerprint density at radius 3 is 2.85 bits per heavy atom. The van der Waals surface area contributed by atoms with Crippen molar-refractivity contribution in [1.82, 2.24) is 15.3 Å². The molecule has 2 aliphatic rings. The van der Waals surface area contributed by atoms with E-state index in [2.05, 4.69) is 15.3 Å². The van der Waals surface area contributed by atoms with Gasteiger partial charge in [-0.3, -0.25) is 0 Å². The van der Waals surface area contributed by atoms with E-state index in [0.29, 0.717) is 11.7 Å². The molecular weight excluding hydrogens is 164 g/mol. The Labute approximate surface area is 76.6 Å². The molecule has 1 aliphatic heterocycles. The summed E-state index contributed by atoms with van der Waals surface area (Å²) in [5.74, 6) is 2.23. The Hall–Kier alpha value is -1.16. The maximum atomic E-state index is 5.85. The lowest BCUT2D eigenvalue weighted by Gasteiger charge is -2.04. The zero-order valence-corrected chi connectivity index (χ0v) is 7.38. The summed E-state index contributed by atoms with van der Waals surface area (Å²) in [5, 5.41) is 3.23. The average Bonchev–Trinajstić information content (AvgIpc) is 2.85. The fourth-order valence-corrected chi connectivity index (χ4v) is 1.74. The van der Waals surface area contributed by atoms with Crippen LogP contribution in [0.15, 0.2) is 0 Å². The van der Waals surface area contributed by atoms with Gasteiger partial charge in [0.15, 0.2) is 0 Å². The molecule has 0 atom stereocenters. The summed E-state index contributed by atoms with van der Waals surface area (Å²) >= 11 is 0. The molecule has 0 bridgehead atoms. The summed E-state index contributed by atoms with van der Waals surface area (Å²) < 4.78 is 0. The van der Waals surface area contributed by atoms with Gasteiger partial charge in [-0.15, -0.1) is 0 Å². The zero-order chi connectivity index (χ0) is 8.84. The molecule has 1 aliphatic carbocycles. The first-order valence-electron chi connectivity index (χ1n) is 4.70. The summed E-state index contributed by atoms with van der Waals surface area (Å²) in [4.78, 5) is 8.86. The van der Waals surface area contributed by atoms with E-state index >= 15 is 0 Å². The van der Waals surface area contributed by atoms with Gasteiger partial charge in [0.2, 0.25) is 0 Å². The van der Waals surface area contributed by atoms with Gasteiger partial charge in [-0.25, -0.2) is 9.97 Å². The molecule has 1 saturated carbocycles. The topological polar surface area (TPSA) is 63.8 Å². The van der Waals surface area contributed by atoms with Crippen LogP contribution in [0.3, 0.4) is 0 Å². The molecule has 1 aromatic rings. The molecular formula is C9H12N4. The highest BCUT2D eigenvalue weighted by Gasteiger charge is 2.28. The Balaban J connectivity index is 2.10. The summed E-state index contributed by atoms with van der Waals surface area (Å²) in [5.41, 5.74) is 8.05. The molecule has 68 valence electrons. The Bertz CT molecular complexity index is 357. The van der Waals surface area contributed by atoms with Crippen LogP contribution in [0.5, 0.6) is 0 Å². The van der Waals surface area contributed by atoms with E-state index in [9.17, 15) is 0 Å². The number of nitrogens with zero attached hydrogens (tertiary/aromatic N) is 2. The molecule has 4 nitrogen and oxygen atoms in total. The van der Waals surface area contributed by atoms with E-state index in [1.165, 1.54) is 12.8 Å². The van der Waals surface area contributed by atoms with Gasteiger partial charge in [0.1, 0.15) is 11.6 Å². The molecule has 4 heteroatoms. The van der Waals surface area contributed by atoms with E-state index < -0.39 is 0 Å². The van der Waals surface area contributed by atoms with Crippen LogP contribution in [0.2, 0.25) is 0 Å². The second kappa shape index (κ2) is 2.42. The van der Waals surface area contributed by atoms with Crippen molar-refractivity contribution in [3.63, 3.8) is 0 Å². The van der Waals surface area contributed by atoms with Crippen LogP contribution in [0.1, 0.15) is 35.8 Å². The van der Waals surface area contributed by atoms with Crippen molar-refractivity contribution in [2.75, 3.05) is 5.73 Å². The van der Waals surface area contributed by atoms with Crippen LogP contribution < -0.4 is 11.1 Å². The van der Waals surface area contributed by atoms with Crippen molar-refractivity contribution in [3.05, 3.63) is 17.1 Å². The molecule has 0 amide bonds. The SMILES string of the molecule is Nc1nc(C2CC2)nc2c1CNC2. The van der Waals surface area contributed by atoms with Gasteiger partial charge in [-0.1, -0.05) is 0 Å². The molecule has 1 fully saturated rings. The molecule has 1 aromatic heterocycles. The van der Waals surface area contributed by atoms with Gasteiger partial charge in [-0.05, 0) is 12.8 Å². The molecule has 3 rings (SSSR count). The van der Waals surface area contributed by atoms with Crippen LogP contribution in [0.25, 0.3) is 0 Å². The first-order chi connectivity index (χ1) is 6.34. The van der Waals surface area contributed by atoms with Gasteiger partial charge in [0.05, 0.1) is 5.69 Å². The second-order valence-corrected chi connectivity index (χ2v) is 3.77. The number of nitrogens with two attached hydrogens (primary N) is 1. The minimum Gasteiger partial charge on any atom is -0.383 e. The minimum absolute atomic E-state index is 0.591. The largest absolute Gasteiger partial charge is 0.383 e. The predicted molar refractivity (Wildman–Crippen MR) is 49.0 cm³/mol. The van der Waals surface area contributed by atoms with Crippen LogP contribution in [-0.4, -0.2) is 9.97 Å². The molecule has 0 aromatic carbocycles. The highest BCUT2D eigenvalue weighted by Crippen LogP contribution is 2.39. The van der Waals surface area contributed by atoms with Gasteiger partial charge < -0.3 is 11.1 Å². The van der Waals surface area contributed by atoms with Crippen LogP contribution >= 0.6 is 0 Å². The lowest BCUT2D eigenvalue weighted by Crippen LogP contribution is -2.04. The van der Waals surface area contributed by atoms with Crippen LogP contribution in [0.4, 0.5) is 5.82 Å². The van der Waals surface area contributed by atoms with E-state index in [1.54, 1.807) is 0 Å². The second-order valence-electron chi connectivity index (χ2n) is 3.77. The van der Waals surface area contributed by atoms with E-state index in [0.717, 1.165) is 30.2 Å². The van der Waals surface area contributed by atoms with Crippen molar-refractivity contribution in [2.45, 2.75) is 31.8 Å². The van der Waals surface area contributed by atoms with Gasteiger partial charge in [0.25, 0.3) is 0 Å². The number of rotatable bonds is 1. The molecule has 0 spiro atoms. The maximum Gasteiger partial charge on any atom is 0.134 e. The fraction of sp³-hybridized carbons (Fsp3) is 0.556. The smallest absolute Gasteiger partial charge is 0.134 e. The molecule has 0 unspecified atom stereocenters. The normalized spacial score (nSPS) is 20.3. The summed E-state index contributed by atoms with van der Waals surface area (Å²) in [6, 6.07) is 0. The maximum absolute atomic E-state index is 5.85. The van der Waals surface area contributed by atoms with Crippen molar-refractivity contribution in [2.24, 2.45) is 0 Å². The Morgan fingerprint density at radius 1 is 1.23 bits per heavy atom. The molecule has 13 heavy (non-hydrogen) atoms. The minimum atomic E-state index is 0.591. The number of nitrogen functional groups attached to an aromatic ring is 1.